The Morgan fingerprint density at radius 2 is 2.14 bits per heavy atom. The van der Waals surface area contributed by atoms with Crippen LogP contribution in [0, 0.1) is 5.82 Å². The zero-order valence-electron chi connectivity index (χ0n) is 12.5. The van der Waals surface area contributed by atoms with E-state index >= 15 is 0 Å². The summed E-state index contributed by atoms with van der Waals surface area (Å²) in [5, 5.41) is 3.33. The van der Waals surface area contributed by atoms with Gasteiger partial charge in [-0.1, -0.05) is 18.2 Å². The van der Waals surface area contributed by atoms with Crippen LogP contribution in [-0.2, 0) is 16.4 Å². The molecule has 1 N–H and O–H groups in total. The van der Waals surface area contributed by atoms with Crippen LogP contribution in [-0.4, -0.2) is 44.2 Å². The molecule has 0 aliphatic carbocycles. The van der Waals surface area contributed by atoms with Crippen molar-refractivity contribution >= 4 is 10.0 Å². The predicted molar refractivity (Wildman–Crippen MR) is 82.1 cm³/mol. The van der Waals surface area contributed by atoms with Crippen molar-refractivity contribution in [2.75, 3.05) is 19.3 Å². The van der Waals surface area contributed by atoms with E-state index < -0.39 is 10.0 Å². The highest BCUT2D eigenvalue weighted by molar-refractivity contribution is 7.88. The van der Waals surface area contributed by atoms with Crippen LogP contribution in [0.15, 0.2) is 24.3 Å². The molecule has 1 aliphatic rings. The van der Waals surface area contributed by atoms with Crippen LogP contribution in [0.4, 0.5) is 4.39 Å². The number of nitrogens with one attached hydrogen (secondary N) is 1. The maximum atomic E-state index is 13.6. The normalized spacial score (nSPS) is 21.6. The molecule has 0 bridgehead atoms. The molecule has 1 aromatic carbocycles. The van der Waals surface area contributed by atoms with Gasteiger partial charge in [0.25, 0.3) is 0 Å². The molecule has 0 amide bonds. The fourth-order valence-corrected chi connectivity index (χ4v) is 4.04. The van der Waals surface area contributed by atoms with Crippen LogP contribution in [0.25, 0.3) is 0 Å². The van der Waals surface area contributed by atoms with Crippen molar-refractivity contribution in [1.29, 1.82) is 0 Å². The molecule has 1 aromatic rings. The first-order valence-corrected chi connectivity index (χ1v) is 9.16. The zero-order valence-corrected chi connectivity index (χ0v) is 13.4. The third kappa shape index (κ3) is 4.49. The van der Waals surface area contributed by atoms with Gasteiger partial charge in [-0.05, 0) is 37.8 Å². The van der Waals surface area contributed by atoms with E-state index in [0.717, 1.165) is 12.8 Å². The largest absolute Gasteiger partial charge is 0.312 e. The van der Waals surface area contributed by atoms with Gasteiger partial charge in [0.2, 0.25) is 10.0 Å². The summed E-state index contributed by atoms with van der Waals surface area (Å²) in [7, 11) is -3.13. The molecule has 0 radical (unpaired) electrons. The summed E-state index contributed by atoms with van der Waals surface area (Å²) in [5.74, 6) is -0.190. The minimum Gasteiger partial charge on any atom is -0.312 e. The SMILES string of the molecule is CC(Cc1ccccc1F)NC[C@H]1CCCN1S(C)(=O)=O. The smallest absolute Gasteiger partial charge is 0.211 e. The van der Waals surface area contributed by atoms with E-state index in [0.29, 0.717) is 25.1 Å². The van der Waals surface area contributed by atoms with Crippen molar-refractivity contribution < 1.29 is 12.8 Å². The van der Waals surface area contributed by atoms with E-state index in [-0.39, 0.29) is 17.9 Å². The summed E-state index contributed by atoms with van der Waals surface area (Å²) in [6.07, 6.45) is 3.64. The summed E-state index contributed by atoms with van der Waals surface area (Å²) in [6.45, 7) is 3.21. The van der Waals surface area contributed by atoms with Crippen molar-refractivity contribution in [3.63, 3.8) is 0 Å². The number of halogens is 1. The van der Waals surface area contributed by atoms with Gasteiger partial charge in [-0.15, -0.1) is 0 Å². The molecule has 0 aromatic heterocycles. The van der Waals surface area contributed by atoms with E-state index in [2.05, 4.69) is 5.32 Å². The molecule has 2 rings (SSSR count). The Morgan fingerprint density at radius 3 is 2.81 bits per heavy atom. The molecule has 0 saturated carbocycles. The Morgan fingerprint density at radius 1 is 1.43 bits per heavy atom. The highest BCUT2D eigenvalue weighted by Crippen LogP contribution is 2.19. The molecule has 1 unspecified atom stereocenters. The van der Waals surface area contributed by atoms with Gasteiger partial charge in [-0.25, -0.2) is 12.8 Å². The second-order valence-electron chi connectivity index (χ2n) is 5.77. The van der Waals surface area contributed by atoms with Crippen molar-refractivity contribution in [1.82, 2.24) is 9.62 Å². The van der Waals surface area contributed by atoms with Crippen molar-refractivity contribution in [2.24, 2.45) is 0 Å². The molecule has 2 atom stereocenters. The lowest BCUT2D eigenvalue weighted by Gasteiger charge is -2.24. The average Bonchev–Trinajstić information content (AvgIpc) is 2.87. The van der Waals surface area contributed by atoms with Crippen molar-refractivity contribution in [2.45, 2.75) is 38.3 Å². The minimum atomic E-state index is -3.13. The van der Waals surface area contributed by atoms with Crippen LogP contribution < -0.4 is 5.32 Å². The molecule has 4 nitrogen and oxygen atoms in total. The summed E-state index contributed by atoms with van der Waals surface area (Å²) < 4.78 is 38.5. The second-order valence-corrected chi connectivity index (χ2v) is 7.71. The third-order valence-electron chi connectivity index (χ3n) is 3.93. The highest BCUT2D eigenvalue weighted by atomic mass is 32.2. The lowest BCUT2D eigenvalue weighted by atomic mass is 10.1. The van der Waals surface area contributed by atoms with Gasteiger partial charge in [0.15, 0.2) is 0 Å². The quantitative estimate of drug-likeness (QED) is 0.870. The standard InChI is InChI=1S/C15H23FN2O2S/c1-12(10-13-6-3-4-8-15(13)16)17-11-14-7-5-9-18(14)21(2,19)20/h3-4,6,8,12,14,17H,5,7,9-11H2,1-2H3/t12?,14-/m1/s1. The van der Waals surface area contributed by atoms with E-state index in [9.17, 15) is 12.8 Å². The Balaban J connectivity index is 1.87. The Bertz CT molecular complexity index is 577. The first kappa shape index (κ1) is 16.4. The van der Waals surface area contributed by atoms with Gasteiger partial charge in [0, 0.05) is 25.2 Å². The van der Waals surface area contributed by atoms with Crippen molar-refractivity contribution in [3.8, 4) is 0 Å². The van der Waals surface area contributed by atoms with E-state index in [1.807, 2.05) is 13.0 Å². The summed E-state index contributed by atoms with van der Waals surface area (Å²) >= 11 is 0. The molecule has 118 valence electrons. The van der Waals surface area contributed by atoms with E-state index in [4.69, 9.17) is 0 Å². The predicted octanol–water partition coefficient (Wildman–Crippen LogP) is 1.77. The van der Waals surface area contributed by atoms with Gasteiger partial charge < -0.3 is 5.32 Å². The van der Waals surface area contributed by atoms with Crippen LogP contribution in [0.2, 0.25) is 0 Å². The first-order valence-electron chi connectivity index (χ1n) is 7.31. The summed E-state index contributed by atoms with van der Waals surface area (Å²) in [6, 6.07) is 6.87. The van der Waals surface area contributed by atoms with Gasteiger partial charge in [0.05, 0.1) is 6.26 Å². The zero-order chi connectivity index (χ0) is 15.5. The number of rotatable bonds is 6. The average molecular weight is 314 g/mol. The molecule has 1 fully saturated rings. The third-order valence-corrected chi connectivity index (χ3v) is 5.27. The molecular formula is C15H23FN2O2S. The maximum absolute atomic E-state index is 13.6. The Hall–Kier alpha value is -0.980. The first-order chi connectivity index (χ1) is 9.88. The maximum Gasteiger partial charge on any atom is 0.211 e. The molecule has 1 heterocycles. The number of nitrogens with zero attached hydrogens (tertiary/aromatic N) is 1. The minimum absolute atomic E-state index is 0.0167. The van der Waals surface area contributed by atoms with Gasteiger partial charge >= 0.3 is 0 Å². The molecule has 1 aliphatic heterocycles. The lowest BCUT2D eigenvalue weighted by molar-refractivity contribution is 0.360. The van der Waals surface area contributed by atoms with Gasteiger partial charge in [0.1, 0.15) is 5.82 Å². The molecular weight excluding hydrogens is 291 g/mol. The highest BCUT2D eigenvalue weighted by Gasteiger charge is 2.31. The van der Waals surface area contributed by atoms with Gasteiger partial charge in [-0.3, -0.25) is 0 Å². The summed E-state index contributed by atoms with van der Waals surface area (Å²) in [4.78, 5) is 0. The summed E-state index contributed by atoms with van der Waals surface area (Å²) in [5.41, 5.74) is 0.684. The lowest BCUT2D eigenvalue weighted by Crippen LogP contribution is -2.43. The van der Waals surface area contributed by atoms with E-state index in [1.165, 1.54) is 12.3 Å². The topological polar surface area (TPSA) is 49.4 Å². The fraction of sp³-hybridized carbons (Fsp3) is 0.600. The number of sulfonamides is 1. The number of hydrogen-bond donors (Lipinski definition) is 1. The number of benzene rings is 1. The fourth-order valence-electron chi connectivity index (χ4n) is 2.85. The van der Waals surface area contributed by atoms with Crippen LogP contribution in [0.1, 0.15) is 25.3 Å². The van der Waals surface area contributed by atoms with Crippen LogP contribution in [0.3, 0.4) is 0 Å². The van der Waals surface area contributed by atoms with E-state index in [1.54, 1.807) is 16.4 Å². The molecule has 0 spiro atoms. The number of hydrogen-bond acceptors (Lipinski definition) is 3. The van der Waals surface area contributed by atoms with Gasteiger partial charge in [-0.2, -0.15) is 4.31 Å². The van der Waals surface area contributed by atoms with Crippen molar-refractivity contribution in [3.05, 3.63) is 35.6 Å². The second kappa shape index (κ2) is 6.85. The molecule has 21 heavy (non-hydrogen) atoms. The Labute approximate surface area is 126 Å². The Kier molecular flexibility index (Phi) is 5.35. The van der Waals surface area contributed by atoms with Crippen LogP contribution >= 0.6 is 0 Å². The molecule has 1 saturated heterocycles. The monoisotopic (exact) mass is 314 g/mol. The molecule has 6 heteroatoms. The van der Waals surface area contributed by atoms with Crippen LogP contribution in [0.5, 0.6) is 0 Å².